The molecule has 0 aromatic rings. The number of aliphatic hydroxyl groups is 2. The van der Waals surface area contributed by atoms with Crippen LogP contribution >= 0.6 is 0 Å². The molecule has 0 aliphatic heterocycles. The van der Waals surface area contributed by atoms with Crippen LogP contribution in [0.4, 0.5) is 0 Å². The van der Waals surface area contributed by atoms with Crippen molar-refractivity contribution in [3.8, 4) is 0 Å². The van der Waals surface area contributed by atoms with Gasteiger partial charge in [0.15, 0.2) is 0 Å². The Labute approximate surface area is 135 Å². The van der Waals surface area contributed by atoms with Crippen LogP contribution in [0.5, 0.6) is 0 Å². The molecule has 2 N–H and O–H groups in total. The van der Waals surface area contributed by atoms with E-state index in [1.807, 2.05) is 12.2 Å². The van der Waals surface area contributed by atoms with Crippen LogP contribution in [0.3, 0.4) is 0 Å². The van der Waals surface area contributed by atoms with Crippen LogP contribution in [0.2, 0.25) is 0 Å². The summed E-state index contributed by atoms with van der Waals surface area (Å²) in [5.41, 5.74) is 1.60. The molecule has 126 valence electrons. The molecule has 1 saturated carbocycles. The van der Waals surface area contributed by atoms with Crippen molar-refractivity contribution in [1.29, 1.82) is 0 Å². The number of unbranched alkanes of at least 4 members (excludes halogenated alkanes) is 2. The van der Waals surface area contributed by atoms with E-state index in [9.17, 15) is 10.2 Å². The fourth-order valence-electron chi connectivity index (χ4n) is 4.04. The van der Waals surface area contributed by atoms with Crippen molar-refractivity contribution in [2.45, 2.75) is 57.7 Å². The molecule has 3 nitrogen and oxygen atoms in total. The highest BCUT2D eigenvalue weighted by atomic mass is 16.3. The van der Waals surface area contributed by atoms with Gasteiger partial charge in [-0.1, -0.05) is 30.2 Å². The van der Waals surface area contributed by atoms with E-state index in [4.69, 9.17) is 0 Å². The Hall–Kier alpha value is -0.640. The number of nitrogens with zero attached hydrogens (tertiary/aromatic N) is 1. The Morgan fingerprint density at radius 2 is 2.09 bits per heavy atom. The summed E-state index contributed by atoms with van der Waals surface area (Å²) in [6, 6.07) is 0. The van der Waals surface area contributed by atoms with E-state index in [1.54, 1.807) is 12.5 Å². The third kappa shape index (κ3) is 4.94. The lowest BCUT2D eigenvalue weighted by atomic mass is 9.88. The first-order valence-electron chi connectivity index (χ1n) is 8.86. The first kappa shape index (κ1) is 17.7. The quantitative estimate of drug-likeness (QED) is 0.535. The Morgan fingerprint density at radius 1 is 1.32 bits per heavy atom. The fraction of sp³-hybridized carbons (Fsp3) is 0.789. The van der Waals surface area contributed by atoms with Crippen molar-refractivity contribution < 1.29 is 10.2 Å². The van der Waals surface area contributed by atoms with Crippen LogP contribution in [0.15, 0.2) is 23.8 Å². The van der Waals surface area contributed by atoms with Crippen LogP contribution < -0.4 is 0 Å². The molecule has 2 aliphatic rings. The Balaban J connectivity index is 1.76. The number of rotatable bonds is 8. The molecule has 2 rings (SSSR count). The zero-order valence-electron chi connectivity index (χ0n) is 14.4. The fourth-order valence-corrected chi connectivity index (χ4v) is 4.04. The lowest BCUT2D eigenvalue weighted by Crippen LogP contribution is -2.17. The molecule has 0 spiro atoms. The van der Waals surface area contributed by atoms with Gasteiger partial charge in [-0.2, -0.15) is 0 Å². The standard InChI is InChI=1S/C19H33NO2/c1-14(21)8-9-17-18-12-15(11-16(18)13-19(17)22)7-5-4-6-10-20(2)3/h8-9,11,14,16-19,21-22H,4-7,10,12-13H2,1-3H3/b9-8+/t14-,16+,17-,18+,19-/m1/s1. The zero-order valence-corrected chi connectivity index (χ0v) is 14.4. The van der Waals surface area contributed by atoms with Crippen LogP contribution in [-0.4, -0.2) is 48.0 Å². The molecular formula is C19H33NO2. The summed E-state index contributed by atoms with van der Waals surface area (Å²) >= 11 is 0. The summed E-state index contributed by atoms with van der Waals surface area (Å²) in [5.74, 6) is 1.33. The van der Waals surface area contributed by atoms with E-state index < -0.39 is 6.10 Å². The summed E-state index contributed by atoms with van der Waals surface area (Å²) in [7, 11) is 4.26. The number of aliphatic hydroxyl groups excluding tert-OH is 2. The molecule has 22 heavy (non-hydrogen) atoms. The monoisotopic (exact) mass is 307 g/mol. The maximum Gasteiger partial charge on any atom is 0.0692 e. The molecule has 0 aromatic heterocycles. The first-order chi connectivity index (χ1) is 10.5. The average molecular weight is 307 g/mol. The second-order valence-electron chi connectivity index (χ2n) is 7.48. The van der Waals surface area contributed by atoms with Crippen LogP contribution in [-0.2, 0) is 0 Å². The minimum atomic E-state index is -0.420. The van der Waals surface area contributed by atoms with E-state index in [-0.39, 0.29) is 12.0 Å². The molecule has 3 heteroatoms. The highest BCUT2D eigenvalue weighted by Gasteiger charge is 2.43. The van der Waals surface area contributed by atoms with E-state index in [0.29, 0.717) is 11.8 Å². The Morgan fingerprint density at radius 3 is 2.77 bits per heavy atom. The van der Waals surface area contributed by atoms with E-state index >= 15 is 0 Å². The molecule has 5 atom stereocenters. The molecule has 0 unspecified atom stereocenters. The van der Waals surface area contributed by atoms with Crippen molar-refractivity contribution >= 4 is 0 Å². The SMILES string of the molecule is C[C@@H](O)/C=C/[C@@H]1[C@H]2CC(CCCCCN(C)C)=C[C@H]2C[C@H]1O. The third-order valence-corrected chi connectivity index (χ3v) is 5.17. The minimum Gasteiger partial charge on any atom is -0.392 e. The van der Waals surface area contributed by atoms with Gasteiger partial charge in [-0.25, -0.2) is 0 Å². The van der Waals surface area contributed by atoms with Crippen LogP contribution in [0.25, 0.3) is 0 Å². The van der Waals surface area contributed by atoms with Crippen molar-refractivity contribution in [3.05, 3.63) is 23.8 Å². The summed E-state index contributed by atoms with van der Waals surface area (Å²) in [5, 5.41) is 19.6. The van der Waals surface area contributed by atoms with Crippen LogP contribution in [0.1, 0.15) is 45.4 Å². The zero-order chi connectivity index (χ0) is 16.1. The van der Waals surface area contributed by atoms with E-state index in [1.165, 1.54) is 32.2 Å². The van der Waals surface area contributed by atoms with Gasteiger partial charge in [0.25, 0.3) is 0 Å². The molecule has 0 saturated heterocycles. The van der Waals surface area contributed by atoms with Gasteiger partial charge in [-0.3, -0.25) is 0 Å². The third-order valence-electron chi connectivity index (χ3n) is 5.17. The number of hydrogen-bond acceptors (Lipinski definition) is 3. The summed E-state index contributed by atoms with van der Waals surface area (Å²) in [6.07, 6.45) is 12.8. The normalized spacial score (nSPS) is 32.7. The molecule has 0 aromatic carbocycles. The molecular weight excluding hydrogens is 274 g/mol. The van der Waals surface area contributed by atoms with Gasteiger partial charge >= 0.3 is 0 Å². The molecule has 0 amide bonds. The van der Waals surface area contributed by atoms with Gasteiger partial charge < -0.3 is 15.1 Å². The second-order valence-corrected chi connectivity index (χ2v) is 7.48. The molecule has 0 heterocycles. The maximum atomic E-state index is 10.2. The number of allylic oxidation sites excluding steroid dienone is 2. The van der Waals surface area contributed by atoms with Crippen molar-refractivity contribution in [2.24, 2.45) is 17.8 Å². The van der Waals surface area contributed by atoms with Gasteiger partial charge in [-0.15, -0.1) is 0 Å². The number of fused-ring (bicyclic) bond motifs is 1. The lowest BCUT2D eigenvalue weighted by molar-refractivity contribution is 0.140. The van der Waals surface area contributed by atoms with Crippen molar-refractivity contribution in [2.75, 3.05) is 20.6 Å². The van der Waals surface area contributed by atoms with Crippen molar-refractivity contribution in [1.82, 2.24) is 4.90 Å². The Kier molecular flexibility index (Phi) is 6.66. The van der Waals surface area contributed by atoms with Gasteiger partial charge in [0.2, 0.25) is 0 Å². The second kappa shape index (κ2) is 8.28. The number of hydrogen-bond donors (Lipinski definition) is 2. The van der Waals surface area contributed by atoms with E-state index in [0.717, 1.165) is 12.8 Å². The first-order valence-corrected chi connectivity index (χ1v) is 8.86. The molecule has 1 fully saturated rings. The topological polar surface area (TPSA) is 43.7 Å². The van der Waals surface area contributed by atoms with Crippen molar-refractivity contribution in [3.63, 3.8) is 0 Å². The maximum absolute atomic E-state index is 10.2. The smallest absolute Gasteiger partial charge is 0.0692 e. The predicted molar refractivity (Wildman–Crippen MR) is 91.6 cm³/mol. The van der Waals surface area contributed by atoms with Gasteiger partial charge in [-0.05, 0) is 71.5 Å². The highest BCUT2D eigenvalue weighted by Crippen LogP contribution is 2.48. The van der Waals surface area contributed by atoms with Gasteiger partial charge in [0.1, 0.15) is 0 Å². The predicted octanol–water partition coefficient (Wildman–Crippen LogP) is 2.99. The molecule has 0 radical (unpaired) electrons. The van der Waals surface area contributed by atoms with Gasteiger partial charge in [0.05, 0.1) is 12.2 Å². The largest absolute Gasteiger partial charge is 0.392 e. The van der Waals surface area contributed by atoms with E-state index in [2.05, 4.69) is 25.1 Å². The summed E-state index contributed by atoms with van der Waals surface area (Å²) in [4.78, 5) is 2.25. The minimum absolute atomic E-state index is 0.224. The van der Waals surface area contributed by atoms with Gasteiger partial charge in [0, 0.05) is 5.92 Å². The summed E-state index contributed by atoms with van der Waals surface area (Å²) < 4.78 is 0. The average Bonchev–Trinajstić information content (AvgIpc) is 2.92. The lowest BCUT2D eigenvalue weighted by Gasteiger charge is -2.18. The summed E-state index contributed by atoms with van der Waals surface area (Å²) in [6.45, 7) is 2.95. The molecule has 2 aliphatic carbocycles. The highest BCUT2D eigenvalue weighted by molar-refractivity contribution is 5.20. The molecule has 0 bridgehead atoms. The van der Waals surface area contributed by atoms with Crippen LogP contribution in [0, 0.1) is 17.8 Å². The Bertz CT molecular complexity index is 400.